The number of fused-ring (bicyclic) bond motifs is 1. The molecule has 6 heteroatoms. The molecule has 2 aromatic heterocycles. The maximum atomic E-state index is 13.5. The second-order valence-corrected chi connectivity index (χ2v) is 6.02. The summed E-state index contributed by atoms with van der Waals surface area (Å²) in [6, 6.07) is 4.77. The van der Waals surface area contributed by atoms with E-state index in [0.717, 1.165) is 28.0 Å². The highest BCUT2D eigenvalue weighted by Gasteiger charge is 2.16. The van der Waals surface area contributed by atoms with Gasteiger partial charge in [-0.05, 0) is 51.5 Å². The molecule has 1 aromatic carbocycles. The van der Waals surface area contributed by atoms with E-state index in [4.69, 9.17) is 0 Å². The monoisotopic (exact) mass is 316 g/mol. The molecular weight excluding hydrogens is 295 g/mol. The first-order valence-electron chi connectivity index (χ1n) is 7.68. The fourth-order valence-corrected chi connectivity index (χ4v) is 3.06. The first-order chi connectivity index (χ1) is 10.9. The molecule has 0 bridgehead atoms. The van der Waals surface area contributed by atoms with Crippen LogP contribution in [0.4, 0.5) is 4.39 Å². The summed E-state index contributed by atoms with van der Waals surface area (Å²) in [6.45, 7) is 8.48. The number of rotatable bonds is 4. The van der Waals surface area contributed by atoms with Crippen molar-refractivity contribution in [1.82, 2.24) is 19.3 Å². The van der Waals surface area contributed by atoms with Crippen LogP contribution in [0, 0.1) is 33.5 Å². The van der Waals surface area contributed by atoms with Crippen LogP contribution in [0.5, 0.6) is 0 Å². The summed E-state index contributed by atoms with van der Waals surface area (Å²) in [7, 11) is 0. The summed E-state index contributed by atoms with van der Waals surface area (Å²) >= 11 is 0. The van der Waals surface area contributed by atoms with Crippen molar-refractivity contribution < 1.29 is 9.50 Å². The molecule has 3 aromatic rings. The van der Waals surface area contributed by atoms with Gasteiger partial charge in [0.2, 0.25) is 0 Å². The van der Waals surface area contributed by atoms with Crippen LogP contribution in [0.15, 0.2) is 18.2 Å². The van der Waals surface area contributed by atoms with Crippen molar-refractivity contribution in [3.63, 3.8) is 0 Å². The summed E-state index contributed by atoms with van der Waals surface area (Å²) in [5, 5.41) is 15.6. The van der Waals surface area contributed by atoms with E-state index < -0.39 is 6.10 Å². The third kappa shape index (κ3) is 2.86. The predicted molar refractivity (Wildman–Crippen MR) is 86.9 cm³/mol. The standard InChI is InChI=1S/C17H21FN4O/c1-10-11(2)21(17-6-5-14(18)7-16(10)17)8-15(23)9-22-13(4)19-12(3)20-22/h5-7,15,23H,8-9H2,1-4H3/t15-/m0/s1. The summed E-state index contributed by atoms with van der Waals surface area (Å²) in [5.74, 6) is 1.24. The van der Waals surface area contributed by atoms with Crippen LogP contribution in [0.3, 0.4) is 0 Å². The molecule has 0 spiro atoms. The molecule has 0 aliphatic carbocycles. The molecule has 0 fully saturated rings. The van der Waals surface area contributed by atoms with Crippen molar-refractivity contribution >= 4 is 10.9 Å². The van der Waals surface area contributed by atoms with E-state index in [1.807, 2.05) is 32.3 Å². The minimum Gasteiger partial charge on any atom is -0.389 e. The van der Waals surface area contributed by atoms with Crippen LogP contribution >= 0.6 is 0 Å². The molecule has 5 nitrogen and oxygen atoms in total. The van der Waals surface area contributed by atoms with Gasteiger partial charge in [0.05, 0.1) is 19.2 Å². The third-order valence-corrected chi connectivity index (χ3v) is 4.34. The van der Waals surface area contributed by atoms with Gasteiger partial charge < -0.3 is 9.67 Å². The molecule has 0 saturated heterocycles. The van der Waals surface area contributed by atoms with Crippen molar-refractivity contribution in [3.8, 4) is 0 Å². The van der Waals surface area contributed by atoms with Crippen molar-refractivity contribution in [2.45, 2.75) is 46.9 Å². The number of aliphatic hydroxyl groups excluding tert-OH is 1. The number of aromatic nitrogens is 4. The summed E-state index contributed by atoms with van der Waals surface area (Å²) in [4.78, 5) is 4.24. The minimum absolute atomic E-state index is 0.244. The van der Waals surface area contributed by atoms with Crippen LogP contribution in [0.25, 0.3) is 10.9 Å². The lowest BCUT2D eigenvalue weighted by Crippen LogP contribution is -2.24. The lowest BCUT2D eigenvalue weighted by atomic mass is 10.1. The van der Waals surface area contributed by atoms with Crippen molar-refractivity contribution in [2.75, 3.05) is 0 Å². The molecular formula is C17H21FN4O. The Morgan fingerprint density at radius 3 is 2.57 bits per heavy atom. The molecule has 0 unspecified atom stereocenters. The molecule has 0 saturated carbocycles. The topological polar surface area (TPSA) is 55.9 Å². The normalized spacial score (nSPS) is 13.0. The van der Waals surface area contributed by atoms with Gasteiger partial charge in [-0.1, -0.05) is 0 Å². The van der Waals surface area contributed by atoms with E-state index in [0.29, 0.717) is 18.9 Å². The molecule has 0 amide bonds. The van der Waals surface area contributed by atoms with Crippen LogP contribution in [0.2, 0.25) is 0 Å². The summed E-state index contributed by atoms with van der Waals surface area (Å²) in [6.07, 6.45) is -0.603. The van der Waals surface area contributed by atoms with Gasteiger partial charge in [-0.3, -0.25) is 0 Å². The first kappa shape index (κ1) is 15.7. The number of aliphatic hydroxyl groups is 1. The quantitative estimate of drug-likeness (QED) is 0.805. The number of nitrogens with zero attached hydrogens (tertiary/aromatic N) is 4. The number of benzene rings is 1. The largest absolute Gasteiger partial charge is 0.389 e. The van der Waals surface area contributed by atoms with E-state index in [2.05, 4.69) is 10.1 Å². The highest BCUT2D eigenvalue weighted by molar-refractivity contribution is 5.85. The number of hydrogen-bond acceptors (Lipinski definition) is 3. The van der Waals surface area contributed by atoms with Crippen molar-refractivity contribution in [1.29, 1.82) is 0 Å². The molecule has 0 aliphatic rings. The van der Waals surface area contributed by atoms with Gasteiger partial charge in [0.15, 0.2) is 0 Å². The Morgan fingerprint density at radius 1 is 1.17 bits per heavy atom. The van der Waals surface area contributed by atoms with Gasteiger partial charge in [-0.2, -0.15) is 5.10 Å². The van der Waals surface area contributed by atoms with E-state index in [1.165, 1.54) is 6.07 Å². The SMILES string of the molecule is Cc1nc(C)n(C[C@@H](O)Cn2c(C)c(C)c3cc(F)ccc32)n1. The summed E-state index contributed by atoms with van der Waals surface area (Å²) < 4.78 is 17.2. The van der Waals surface area contributed by atoms with E-state index in [9.17, 15) is 9.50 Å². The summed E-state index contributed by atoms with van der Waals surface area (Å²) in [5.41, 5.74) is 3.02. The van der Waals surface area contributed by atoms with E-state index >= 15 is 0 Å². The lowest BCUT2D eigenvalue weighted by Gasteiger charge is -2.15. The van der Waals surface area contributed by atoms with Gasteiger partial charge >= 0.3 is 0 Å². The Balaban J connectivity index is 1.89. The number of hydrogen-bond donors (Lipinski definition) is 1. The van der Waals surface area contributed by atoms with Crippen LogP contribution in [0.1, 0.15) is 22.9 Å². The minimum atomic E-state index is -0.603. The Kier molecular flexibility index (Phi) is 3.93. The van der Waals surface area contributed by atoms with Gasteiger partial charge in [0.1, 0.15) is 17.5 Å². The van der Waals surface area contributed by atoms with Crippen LogP contribution in [-0.2, 0) is 13.1 Å². The number of aryl methyl sites for hydroxylation is 3. The average Bonchev–Trinajstić information content (AvgIpc) is 2.91. The van der Waals surface area contributed by atoms with Gasteiger partial charge in [0, 0.05) is 16.6 Å². The zero-order valence-electron chi connectivity index (χ0n) is 13.8. The Labute approximate surface area is 134 Å². The average molecular weight is 316 g/mol. The second-order valence-electron chi connectivity index (χ2n) is 6.02. The Hall–Kier alpha value is -2.21. The fourth-order valence-electron chi connectivity index (χ4n) is 3.06. The zero-order chi connectivity index (χ0) is 16.7. The molecule has 0 aliphatic heterocycles. The predicted octanol–water partition coefficient (Wildman–Crippen LogP) is 2.67. The maximum Gasteiger partial charge on any atom is 0.147 e. The van der Waals surface area contributed by atoms with Gasteiger partial charge in [-0.15, -0.1) is 0 Å². The van der Waals surface area contributed by atoms with Crippen molar-refractivity contribution in [2.24, 2.45) is 0 Å². The van der Waals surface area contributed by atoms with Gasteiger partial charge in [-0.25, -0.2) is 14.1 Å². The highest BCUT2D eigenvalue weighted by atomic mass is 19.1. The fraction of sp³-hybridized carbons (Fsp3) is 0.412. The molecule has 23 heavy (non-hydrogen) atoms. The molecule has 122 valence electrons. The van der Waals surface area contributed by atoms with Crippen LogP contribution < -0.4 is 0 Å². The first-order valence-corrected chi connectivity index (χ1v) is 7.68. The molecule has 3 rings (SSSR count). The Morgan fingerprint density at radius 2 is 1.91 bits per heavy atom. The lowest BCUT2D eigenvalue weighted by molar-refractivity contribution is 0.130. The van der Waals surface area contributed by atoms with Gasteiger partial charge in [0.25, 0.3) is 0 Å². The third-order valence-electron chi connectivity index (χ3n) is 4.34. The molecule has 1 N–H and O–H groups in total. The van der Waals surface area contributed by atoms with E-state index in [-0.39, 0.29) is 5.82 Å². The molecule has 0 radical (unpaired) electrons. The second kappa shape index (κ2) is 5.77. The van der Waals surface area contributed by atoms with Crippen molar-refractivity contribution in [3.05, 3.63) is 46.9 Å². The molecule has 1 atom stereocenters. The maximum absolute atomic E-state index is 13.5. The zero-order valence-corrected chi connectivity index (χ0v) is 13.8. The number of halogens is 1. The van der Waals surface area contributed by atoms with E-state index in [1.54, 1.807) is 16.8 Å². The molecule has 2 heterocycles. The van der Waals surface area contributed by atoms with Crippen LogP contribution in [-0.4, -0.2) is 30.5 Å². The Bertz CT molecular complexity index is 865. The highest BCUT2D eigenvalue weighted by Crippen LogP contribution is 2.26. The smallest absolute Gasteiger partial charge is 0.147 e.